The number of halogens is 2. The first-order chi connectivity index (χ1) is 5.77. The van der Waals surface area contributed by atoms with E-state index in [1.807, 2.05) is 0 Å². The highest BCUT2D eigenvalue weighted by Crippen LogP contribution is 2.35. The topological polar surface area (TPSA) is 18.5 Å². The van der Waals surface area contributed by atoms with Gasteiger partial charge in [-0.15, -0.1) is 0 Å². The Labute approximate surface area is 73.2 Å². The van der Waals surface area contributed by atoms with E-state index in [0.717, 1.165) is 0 Å². The molecular formula is C8H4ClFO2. The molecule has 0 aliphatic carbocycles. The van der Waals surface area contributed by atoms with Gasteiger partial charge in [0.1, 0.15) is 6.26 Å². The average Bonchev–Trinajstić information content (AvgIpc) is 2.07. The van der Waals surface area contributed by atoms with Crippen LogP contribution in [0.15, 0.2) is 29.7 Å². The third-order valence-corrected chi connectivity index (χ3v) is 1.58. The second-order valence-corrected chi connectivity index (χ2v) is 2.58. The quantitative estimate of drug-likeness (QED) is 0.620. The molecule has 0 N–H and O–H groups in total. The Kier molecular flexibility index (Phi) is 1.66. The molecule has 1 aromatic carbocycles. The molecule has 0 atom stereocenters. The predicted molar refractivity (Wildman–Crippen MR) is 41.6 cm³/mol. The molecule has 0 unspecified atom stereocenters. The van der Waals surface area contributed by atoms with Crippen LogP contribution in [0.1, 0.15) is 0 Å². The predicted octanol–water partition coefficient (Wildman–Crippen LogP) is 2.63. The van der Waals surface area contributed by atoms with Crippen LogP contribution in [0.3, 0.4) is 0 Å². The van der Waals surface area contributed by atoms with Gasteiger partial charge in [0.05, 0.1) is 0 Å². The summed E-state index contributed by atoms with van der Waals surface area (Å²) in [5, 5.41) is 0.0209. The molecule has 12 heavy (non-hydrogen) atoms. The number of fused-ring (bicyclic) bond motifs is 1. The molecule has 0 fully saturated rings. The smallest absolute Gasteiger partial charge is 0.229 e. The van der Waals surface area contributed by atoms with Crippen LogP contribution < -0.4 is 9.47 Å². The maximum atomic E-state index is 13.0. The minimum atomic E-state index is -0.487. The number of para-hydroxylation sites is 1. The number of hydrogen-bond acceptors (Lipinski definition) is 2. The Hall–Kier alpha value is -1.22. The van der Waals surface area contributed by atoms with Gasteiger partial charge in [0, 0.05) is 0 Å². The van der Waals surface area contributed by atoms with Gasteiger partial charge in [-0.25, -0.2) is 4.39 Å². The maximum Gasteiger partial charge on any atom is 0.229 e. The first kappa shape index (κ1) is 7.43. The first-order valence-electron chi connectivity index (χ1n) is 3.26. The van der Waals surface area contributed by atoms with Gasteiger partial charge >= 0.3 is 0 Å². The Morgan fingerprint density at radius 3 is 3.00 bits per heavy atom. The van der Waals surface area contributed by atoms with E-state index in [9.17, 15) is 4.39 Å². The van der Waals surface area contributed by atoms with Gasteiger partial charge in [-0.3, -0.25) is 0 Å². The lowest BCUT2D eigenvalue weighted by Crippen LogP contribution is -2.02. The van der Waals surface area contributed by atoms with Gasteiger partial charge in [-0.2, -0.15) is 0 Å². The summed E-state index contributed by atoms with van der Waals surface area (Å²) >= 11 is 5.46. The molecule has 1 aliphatic rings. The molecule has 0 saturated heterocycles. The largest absolute Gasteiger partial charge is 0.456 e. The van der Waals surface area contributed by atoms with Gasteiger partial charge < -0.3 is 9.47 Å². The van der Waals surface area contributed by atoms with Crippen molar-refractivity contribution in [2.75, 3.05) is 0 Å². The summed E-state index contributed by atoms with van der Waals surface area (Å²) in [4.78, 5) is 0. The summed E-state index contributed by atoms with van der Waals surface area (Å²) in [5.41, 5.74) is 0. The van der Waals surface area contributed by atoms with E-state index in [2.05, 4.69) is 0 Å². The Morgan fingerprint density at radius 1 is 1.33 bits per heavy atom. The third-order valence-electron chi connectivity index (χ3n) is 1.41. The lowest BCUT2D eigenvalue weighted by Gasteiger charge is -2.14. The van der Waals surface area contributed by atoms with E-state index in [-0.39, 0.29) is 11.0 Å². The molecule has 62 valence electrons. The SMILES string of the molecule is Fc1cccc2c1OC(Cl)=CO2. The summed E-state index contributed by atoms with van der Waals surface area (Å²) in [5.74, 6) is -0.122. The number of rotatable bonds is 0. The maximum absolute atomic E-state index is 13.0. The molecule has 1 heterocycles. The van der Waals surface area contributed by atoms with E-state index in [0.29, 0.717) is 5.75 Å². The van der Waals surface area contributed by atoms with Gasteiger partial charge in [0.25, 0.3) is 0 Å². The molecular weight excluding hydrogens is 183 g/mol. The van der Waals surface area contributed by atoms with E-state index in [1.165, 1.54) is 18.4 Å². The van der Waals surface area contributed by atoms with Crippen molar-refractivity contribution < 1.29 is 13.9 Å². The van der Waals surface area contributed by atoms with Crippen LogP contribution in [0.2, 0.25) is 0 Å². The molecule has 1 aromatic rings. The van der Waals surface area contributed by atoms with Crippen molar-refractivity contribution in [1.29, 1.82) is 0 Å². The van der Waals surface area contributed by atoms with Crippen molar-refractivity contribution in [1.82, 2.24) is 0 Å². The fourth-order valence-corrected chi connectivity index (χ4v) is 1.03. The molecule has 0 saturated carbocycles. The average molecular weight is 187 g/mol. The van der Waals surface area contributed by atoms with Crippen molar-refractivity contribution in [3.63, 3.8) is 0 Å². The number of hydrogen-bond donors (Lipinski definition) is 0. The summed E-state index contributed by atoms with van der Waals surface area (Å²) in [6.07, 6.45) is 1.21. The van der Waals surface area contributed by atoms with E-state index >= 15 is 0 Å². The minimum absolute atomic E-state index is 0.0209. The Balaban J connectivity index is 2.49. The zero-order valence-corrected chi connectivity index (χ0v) is 6.64. The van der Waals surface area contributed by atoms with Crippen LogP contribution in [0, 0.1) is 5.82 Å². The zero-order valence-electron chi connectivity index (χ0n) is 5.88. The molecule has 0 radical (unpaired) electrons. The fraction of sp³-hybridized carbons (Fsp3) is 0. The standard InChI is InChI=1S/C8H4ClFO2/c9-7-4-11-6-3-1-2-5(10)8(6)12-7/h1-4H. The summed E-state index contributed by atoms with van der Waals surface area (Å²) < 4.78 is 22.8. The van der Waals surface area contributed by atoms with Crippen molar-refractivity contribution in [2.45, 2.75) is 0 Å². The summed E-state index contributed by atoms with van der Waals surface area (Å²) in [6.45, 7) is 0. The molecule has 2 rings (SSSR count). The molecule has 0 bridgehead atoms. The van der Waals surface area contributed by atoms with E-state index in [4.69, 9.17) is 21.1 Å². The lowest BCUT2D eigenvalue weighted by atomic mass is 10.3. The highest BCUT2D eigenvalue weighted by molar-refractivity contribution is 6.28. The normalized spacial score (nSPS) is 14.0. The molecule has 0 spiro atoms. The molecule has 2 nitrogen and oxygen atoms in total. The van der Waals surface area contributed by atoms with Crippen LogP contribution in [-0.2, 0) is 0 Å². The highest BCUT2D eigenvalue weighted by atomic mass is 35.5. The van der Waals surface area contributed by atoms with Crippen molar-refractivity contribution >= 4 is 11.6 Å². The van der Waals surface area contributed by atoms with Gasteiger partial charge in [0.2, 0.25) is 11.0 Å². The van der Waals surface area contributed by atoms with Crippen molar-refractivity contribution in [3.8, 4) is 11.5 Å². The van der Waals surface area contributed by atoms with Crippen molar-refractivity contribution in [3.05, 3.63) is 35.5 Å². The van der Waals surface area contributed by atoms with E-state index in [1.54, 1.807) is 6.07 Å². The monoisotopic (exact) mass is 186 g/mol. The highest BCUT2D eigenvalue weighted by Gasteiger charge is 2.16. The number of benzene rings is 1. The second kappa shape index (κ2) is 2.68. The van der Waals surface area contributed by atoms with Crippen LogP contribution in [0.25, 0.3) is 0 Å². The third kappa shape index (κ3) is 1.12. The number of ether oxygens (including phenoxy) is 2. The van der Waals surface area contributed by atoms with Crippen LogP contribution in [0.4, 0.5) is 4.39 Å². The Morgan fingerprint density at radius 2 is 2.17 bits per heavy atom. The Bertz CT molecular complexity index is 349. The zero-order chi connectivity index (χ0) is 8.55. The van der Waals surface area contributed by atoms with Crippen LogP contribution in [0.5, 0.6) is 11.5 Å². The fourth-order valence-electron chi connectivity index (χ4n) is 0.912. The molecule has 4 heteroatoms. The molecule has 1 aliphatic heterocycles. The molecule has 0 amide bonds. The molecule has 0 aromatic heterocycles. The van der Waals surface area contributed by atoms with Crippen molar-refractivity contribution in [2.24, 2.45) is 0 Å². The summed E-state index contributed by atoms with van der Waals surface area (Å²) in [6, 6.07) is 4.40. The van der Waals surface area contributed by atoms with Gasteiger partial charge in [-0.05, 0) is 23.7 Å². The van der Waals surface area contributed by atoms with Crippen LogP contribution in [-0.4, -0.2) is 0 Å². The second-order valence-electron chi connectivity index (χ2n) is 2.21. The van der Waals surface area contributed by atoms with Crippen LogP contribution >= 0.6 is 11.6 Å². The minimum Gasteiger partial charge on any atom is -0.456 e. The van der Waals surface area contributed by atoms with E-state index < -0.39 is 5.82 Å². The summed E-state index contributed by atoms with van der Waals surface area (Å²) in [7, 11) is 0. The first-order valence-corrected chi connectivity index (χ1v) is 3.64. The van der Waals surface area contributed by atoms with Gasteiger partial charge in [0.15, 0.2) is 11.6 Å². The lowest BCUT2D eigenvalue weighted by molar-refractivity contribution is 0.332. The van der Waals surface area contributed by atoms with Gasteiger partial charge in [-0.1, -0.05) is 6.07 Å².